The largest absolute Gasteiger partial charge is 0.496 e. The highest BCUT2D eigenvalue weighted by molar-refractivity contribution is 9.10. The fraction of sp³-hybridized carbons (Fsp3) is 0.533. The fourth-order valence-electron chi connectivity index (χ4n) is 1.94. The Balaban J connectivity index is 2.94. The predicted molar refractivity (Wildman–Crippen MR) is 83.1 cm³/mol. The summed E-state index contributed by atoms with van der Waals surface area (Å²) in [5.41, 5.74) is 0.365. The van der Waals surface area contributed by atoms with Crippen LogP contribution in [0.3, 0.4) is 0 Å². The number of carbonyl (C=O) groups excluding carboxylic acids is 1. The van der Waals surface area contributed by atoms with Crippen LogP contribution in [0.4, 0.5) is 0 Å². The molecule has 0 heterocycles. The zero-order valence-electron chi connectivity index (χ0n) is 12.4. The van der Waals surface area contributed by atoms with Crippen molar-refractivity contribution in [1.82, 2.24) is 5.32 Å². The van der Waals surface area contributed by atoms with Gasteiger partial charge in [0, 0.05) is 17.1 Å². The van der Waals surface area contributed by atoms with Crippen LogP contribution >= 0.6 is 15.9 Å². The number of nitrogens with one attached hydrogen (secondary N) is 1. The van der Waals surface area contributed by atoms with Crippen LogP contribution in [0.2, 0.25) is 0 Å². The van der Waals surface area contributed by atoms with Gasteiger partial charge in [0.05, 0.1) is 12.7 Å². The van der Waals surface area contributed by atoms with Crippen molar-refractivity contribution in [2.24, 2.45) is 5.41 Å². The van der Waals surface area contributed by atoms with Gasteiger partial charge in [0.25, 0.3) is 5.91 Å². The lowest BCUT2D eigenvalue weighted by Gasteiger charge is -2.31. The molecule has 0 aliphatic rings. The molecule has 4 nitrogen and oxygen atoms in total. The Bertz CT molecular complexity index is 469. The van der Waals surface area contributed by atoms with E-state index in [1.807, 2.05) is 20.8 Å². The normalized spacial score (nSPS) is 12.9. The molecule has 112 valence electrons. The van der Waals surface area contributed by atoms with Gasteiger partial charge in [-0.3, -0.25) is 4.79 Å². The highest BCUT2D eigenvalue weighted by Gasteiger charge is 2.26. The van der Waals surface area contributed by atoms with Gasteiger partial charge in [0.15, 0.2) is 0 Å². The Morgan fingerprint density at radius 3 is 2.60 bits per heavy atom. The quantitative estimate of drug-likeness (QED) is 0.863. The lowest BCUT2D eigenvalue weighted by atomic mass is 9.84. The highest BCUT2D eigenvalue weighted by atomic mass is 79.9. The Morgan fingerprint density at radius 1 is 1.45 bits per heavy atom. The number of benzene rings is 1. The smallest absolute Gasteiger partial charge is 0.255 e. The summed E-state index contributed by atoms with van der Waals surface area (Å²) in [6.07, 6.45) is 0.522. The Hall–Kier alpha value is -1.07. The van der Waals surface area contributed by atoms with E-state index in [2.05, 4.69) is 21.2 Å². The van der Waals surface area contributed by atoms with Crippen LogP contribution in [0.5, 0.6) is 5.75 Å². The van der Waals surface area contributed by atoms with Crippen LogP contribution in [0.1, 0.15) is 37.6 Å². The third kappa shape index (κ3) is 4.49. The van der Waals surface area contributed by atoms with E-state index in [-0.39, 0.29) is 24.0 Å². The van der Waals surface area contributed by atoms with Gasteiger partial charge in [-0.15, -0.1) is 0 Å². The molecule has 5 heteroatoms. The lowest BCUT2D eigenvalue weighted by molar-refractivity contribution is 0.0882. The van der Waals surface area contributed by atoms with E-state index >= 15 is 0 Å². The first-order valence-corrected chi connectivity index (χ1v) is 7.34. The molecule has 0 aliphatic heterocycles. The van der Waals surface area contributed by atoms with Crippen LogP contribution in [0, 0.1) is 5.41 Å². The lowest BCUT2D eigenvalue weighted by Crippen LogP contribution is -2.44. The second-order valence-corrected chi connectivity index (χ2v) is 6.66. The Morgan fingerprint density at radius 2 is 2.10 bits per heavy atom. The van der Waals surface area contributed by atoms with E-state index in [1.165, 1.54) is 7.11 Å². The standard InChI is InChI=1S/C15H22BrNO3/c1-15(2,3)13(7-8-18)17-14(19)11-6-5-10(16)9-12(11)20-4/h5-6,9,13,18H,7-8H2,1-4H3,(H,17,19). The molecular weight excluding hydrogens is 322 g/mol. The van der Waals surface area contributed by atoms with Crippen molar-refractivity contribution in [1.29, 1.82) is 0 Å². The number of hydrogen-bond donors (Lipinski definition) is 2. The number of hydrogen-bond acceptors (Lipinski definition) is 3. The molecule has 0 bridgehead atoms. The molecule has 1 rings (SSSR count). The minimum Gasteiger partial charge on any atom is -0.496 e. The third-order valence-electron chi connectivity index (χ3n) is 3.18. The summed E-state index contributed by atoms with van der Waals surface area (Å²) in [6, 6.07) is 5.17. The molecular formula is C15H22BrNO3. The number of methoxy groups -OCH3 is 1. The Labute approximate surface area is 128 Å². The van der Waals surface area contributed by atoms with E-state index in [9.17, 15) is 4.79 Å². The third-order valence-corrected chi connectivity index (χ3v) is 3.67. The van der Waals surface area contributed by atoms with Crippen molar-refractivity contribution in [2.75, 3.05) is 13.7 Å². The molecule has 0 radical (unpaired) electrons. The van der Waals surface area contributed by atoms with Gasteiger partial charge in [-0.2, -0.15) is 0 Å². The maximum Gasteiger partial charge on any atom is 0.255 e. The average Bonchev–Trinajstić information content (AvgIpc) is 2.36. The molecule has 1 amide bonds. The van der Waals surface area contributed by atoms with Crippen molar-refractivity contribution in [3.05, 3.63) is 28.2 Å². The number of ether oxygens (including phenoxy) is 1. The average molecular weight is 344 g/mol. The van der Waals surface area contributed by atoms with Gasteiger partial charge in [-0.1, -0.05) is 36.7 Å². The maximum absolute atomic E-state index is 12.4. The summed E-state index contributed by atoms with van der Waals surface area (Å²) in [5, 5.41) is 12.1. The van der Waals surface area contributed by atoms with E-state index in [4.69, 9.17) is 9.84 Å². The minimum absolute atomic E-state index is 0.0414. The minimum atomic E-state index is -0.192. The van der Waals surface area contributed by atoms with E-state index in [0.29, 0.717) is 17.7 Å². The van der Waals surface area contributed by atoms with Crippen LogP contribution in [0.15, 0.2) is 22.7 Å². The molecule has 20 heavy (non-hydrogen) atoms. The first-order chi connectivity index (χ1) is 9.29. The summed E-state index contributed by atoms with van der Waals surface area (Å²) in [5.74, 6) is 0.330. The van der Waals surface area contributed by atoms with Crippen molar-refractivity contribution in [2.45, 2.75) is 33.2 Å². The number of aliphatic hydroxyl groups excluding tert-OH is 1. The number of carbonyl (C=O) groups is 1. The van der Waals surface area contributed by atoms with Crippen molar-refractivity contribution in [3.63, 3.8) is 0 Å². The predicted octanol–water partition coefficient (Wildman–Crippen LogP) is 2.98. The van der Waals surface area contributed by atoms with Gasteiger partial charge >= 0.3 is 0 Å². The molecule has 0 saturated carbocycles. The Kier molecular flexibility index (Phi) is 6.02. The van der Waals surface area contributed by atoms with Crippen molar-refractivity contribution in [3.8, 4) is 5.75 Å². The molecule has 0 spiro atoms. The molecule has 0 aromatic heterocycles. The number of rotatable bonds is 5. The summed E-state index contributed by atoms with van der Waals surface area (Å²) < 4.78 is 6.09. The zero-order chi connectivity index (χ0) is 15.3. The molecule has 1 aromatic rings. The molecule has 0 aliphatic carbocycles. The SMILES string of the molecule is COc1cc(Br)ccc1C(=O)NC(CCO)C(C)(C)C. The second-order valence-electron chi connectivity index (χ2n) is 5.75. The van der Waals surface area contributed by atoms with Gasteiger partial charge in [-0.05, 0) is 30.0 Å². The number of halogens is 1. The second kappa shape index (κ2) is 7.09. The van der Waals surface area contributed by atoms with Gasteiger partial charge in [0.2, 0.25) is 0 Å². The first kappa shape index (κ1) is 17.0. The molecule has 2 N–H and O–H groups in total. The number of aliphatic hydroxyl groups is 1. The molecule has 0 fully saturated rings. The van der Waals surface area contributed by atoms with Crippen molar-refractivity contribution < 1.29 is 14.6 Å². The van der Waals surface area contributed by atoms with Crippen LogP contribution < -0.4 is 10.1 Å². The fourth-order valence-corrected chi connectivity index (χ4v) is 2.28. The zero-order valence-corrected chi connectivity index (χ0v) is 14.0. The number of amides is 1. The molecule has 1 aromatic carbocycles. The monoisotopic (exact) mass is 343 g/mol. The first-order valence-electron chi connectivity index (χ1n) is 6.55. The van der Waals surface area contributed by atoms with E-state index in [1.54, 1.807) is 18.2 Å². The van der Waals surface area contributed by atoms with E-state index < -0.39 is 0 Å². The maximum atomic E-state index is 12.4. The van der Waals surface area contributed by atoms with Crippen LogP contribution in [0.25, 0.3) is 0 Å². The van der Waals surface area contributed by atoms with Gasteiger partial charge in [-0.25, -0.2) is 0 Å². The van der Waals surface area contributed by atoms with Gasteiger partial charge < -0.3 is 15.2 Å². The molecule has 0 saturated heterocycles. The summed E-state index contributed by atoms with van der Waals surface area (Å²) in [4.78, 5) is 12.4. The summed E-state index contributed by atoms with van der Waals surface area (Å²) in [6.45, 7) is 6.14. The molecule has 1 unspecified atom stereocenters. The topological polar surface area (TPSA) is 58.6 Å². The summed E-state index contributed by atoms with van der Waals surface area (Å²) >= 11 is 3.35. The van der Waals surface area contributed by atoms with Crippen LogP contribution in [-0.4, -0.2) is 30.8 Å². The van der Waals surface area contributed by atoms with Crippen LogP contribution in [-0.2, 0) is 0 Å². The van der Waals surface area contributed by atoms with Crippen molar-refractivity contribution >= 4 is 21.8 Å². The highest BCUT2D eigenvalue weighted by Crippen LogP contribution is 2.26. The molecule has 1 atom stereocenters. The van der Waals surface area contributed by atoms with E-state index in [0.717, 1.165) is 4.47 Å². The van der Waals surface area contributed by atoms with Gasteiger partial charge in [0.1, 0.15) is 5.75 Å². The summed E-state index contributed by atoms with van der Waals surface area (Å²) in [7, 11) is 1.54.